The summed E-state index contributed by atoms with van der Waals surface area (Å²) in [6.07, 6.45) is 2.00. The summed E-state index contributed by atoms with van der Waals surface area (Å²) in [6, 6.07) is 6.63. The Morgan fingerprint density at radius 2 is 2.32 bits per heavy atom. The molecule has 1 heterocycles. The van der Waals surface area contributed by atoms with E-state index < -0.39 is 0 Å². The Kier molecular flexibility index (Phi) is 4.06. The van der Waals surface area contributed by atoms with E-state index in [1.807, 2.05) is 0 Å². The molecule has 1 N–H and O–H groups in total. The molecule has 0 saturated heterocycles. The minimum absolute atomic E-state index is 0.108. The van der Waals surface area contributed by atoms with Crippen LogP contribution in [0.15, 0.2) is 40.1 Å². The second kappa shape index (κ2) is 6.15. The highest BCUT2D eigenvalue weighted by Gasteiger charge is 2.08. The van der Waals surface area contributed by atoms with Gasteiger partial charge in [0.2, 0.25) is 0 Å². The van der Waals surface area contributed by atoms with Crippen molar-refractivity contribution in [3.05, 3.63) is 46.5 Å². The first-order valence-electron chi connectivity index (χ1n) is 5.55. The van der Waals surface area contributed by atoms with E-state index in [0.717, 1.165) is 5.56 Å². The predicted octanol–water partition coefficient (Wildman–Crippen LogP) is 3.10. The van der Waals surface area contributed by atoms with Gasteiger partial charge >= 0.3 is 0 Å². The van der Waals surface area contributed by atoms with Gasteiger partial charge in [0.15, 0.2) is 5.76 Å². The molecule has 94 valence electrons. The van der Waals surface area contributed by atoms with Crippen molar-refractivity contribution in [3.63, 3.8) is 0 Å². The maximum absolute atomic E-state index is 9.76. The van der Waals surface area contributed by atoms with Gasteiger partial charge in [-0.25, -0.2) is 0 Å². The molecule has 0 spiro atoms. The van der Waals surface area contributed by atoms with Gasteiger partial charge < -0.3 is 9.63 Å². The van der Waals surface area contributed by atoms with Crippen LogP contribution >= 0.6 is 0 Å². The predicted molar refractivity (Wildman–Crippen MR) is 69.1 cm³/mol. The fraction of sp³-hybridized carbons (Fsp3) is 0.154. The Morgan fingerprint density at radius 3 is 3.05 bits per heavy atom. The van der Waals surface area contributed by atoms with Crippen molar-refractivity contribution in [1.82, 2.24) is 5.16 Å². The first kappa shape index (κ1) is 12.6. The molecule has 0 unspecified atom stereocenters. The Hall–Kier alpha value is -2.90. The van der Waals surface area contributed by atoms with Crippen LogP contribution in [-0.4, -0.2) is 16.8 Å². The highest BCUT2D eigenvalue weighted by Crippen LogP contribution is 2.29. The monoisotopic (exact) mass is 254 g/mol. The average Bonchev–Trinajstić information content (AvgIpc) is 2.94. The van der Waals surface area contributed by atoms with Crippen LogP contribution in [0, 0.1) is 11.8 Å². The zero-order valence-corrected chi connectivity index (χ0v) is 9.95. The lowest BCUT2D eigenvalue weighted by atomic mass is 10.1. The van der Waals surface area contributed by atoms with Gasteiger partial charge in [-0.05, 0) is 23.7 Å². The van der Waals surface area contributed by atoms with Crippen LogP contribution in [0.5, 0.6) is 5.75 Å². The van der Waals surface area contributed by atoms with Gasteiger partial charge in [-0.2, -0.15) is 0 Å². The Balaban J connectivity index is 2.19. The molecule has 0 aliphatic rings. The van der Waals surface area contributed by atoms with Gasteiger partial charge in [0.1, 0.15) is 5.75 Å². The van der Waals surface area contributed by atoms with Crippen molar-refractivity contribution in [3.8, 4) is 28.9 Å². The van der Waals surface area contributed by atoms with E-state index in [4.69, 9.17) is 10.1 Å². The van der Waals surface area contributed by atoms with Gasteiger partial charge in [0.25, 0.3) is 0 Å². The molecule has 6 heteroatoms. The largest absolute Gasteiger partial charge is 0.507 e. The standard InChI is InChI=1S/C13H10N4O2/c14-17-15-7-2-1-3-10-4-5-12(18)11(9-10)13-6-8-16-19-13/h4-6,8-9,18H,2,7H2. The number of phenolic OH excluding ortho intramolecular Hbond substituents is 1. The molecular formula is C13H10N4O2. The van der Waals surface area contributed by atoms with Crippen LogP contribution in [0.2, 0.25) is 0 Å². The van der Waals surface area contributed by atoms with Crippen LogP contribution in [-0.2, 0) is 0 Å². The first-order chi connectivity index (χ1) is 9.31. The molecular weight excluding hydrogens is 244 g/mol. The van der Waals surface area contributed by atoms with E-state index in [1.165, 1.54) is 6.20 Å². The molecule has 0 atom stereocenters. The molecule has 0 radical (unpaired) electrons. The molecule has 0 amide bonds. The van der Waals surface area contributed by atoms with Crippen molar-refractivity contribution in [2.24, 2.45) is 5.11 Å². The highest BCUT2D eigenvalue weighted by atomic mass is 16.5. The Morgan fingerprint density at radius 1 is 1.42 bits per heavy atom. The van der Waals surface area contributed by atoms with Gasteiger partial charge in [-0.1, -0.05) is 22.1 Å². The van der Waals surface area contributed by atoms with Gasteiger partial charge in [0.05, 0.1) is 11.8 Å². The van der Waals surface area contributed by atoms with Crippen molar-refractivity contribution in [1.29, 1.82) is 0 Å². The van der Waals surface area contributed by atoms with Gasteiger partial charge in [-0.15, -0.1) is 0 Å². The molecule has 0 aliphatic heterocycles. The molecule has 2 rings (SSSR count). The van der Waals surface area contributed by atoms with E-state index in [1.54, 1.807) is 24.3 Å². The quantitative estimate of drug-likeness (QED) is 0.299. The second-order valence-corrected chi connectivity index (χ2v) is 3.61. The molecule has 1 aromatic heterocycles. The van der Waals surface area contributed by atoms with Crippen LogP contribution in [0.1, 0.15) is 12.0 Å². The normalized spacial score (nSPS) is 9.26. The molecule has 6 nitrogen and oxygen atoms in total. The van der Waals surface area contributed by atoms with E-state index in [-0.39, 0.29) is 5.75 Å². The number of aromatic nitrogens is 1. The lowest BCUT2D eigenvalue weighted by Crippen LogP contribution is -1.81. The van der Waals surface area contributed by atoms with Crippen LogP contribution in [0.25, 0.3) is 21.8 Å². The van der Waals surface area contributed by atoms with E-state index in [9.17, 15) is 5.11 Å². The minimum atomic E-state index is 0.108. The third-order valence-electron chi connectivity index (χ3n) is 2.33. The number of azide groups is 1. The Labute approximate surface area is 109 Å². The average molecular weight is 254 g/mol. The summed E-state index contributed by atoms with van der Waals surface area (Å²) in [6.45, 7) is 0.344. The van der Waals surface area contributed by atoms with Crippen molar-refractivity contribution >= 4 is 0 Å². The number of benzene rings is 1. The van der Waals surface area contributed by atoms with E-state index in [2.05, 4.69) is 27.0 Å². The SMILES string of the molecule is [N-]=[N+]=NCCC#Cc1ccc(O)c(-c2ccno2)c1. The second-order valence-electron chi connectivity index (χ2n) is 3.61. The first-order valence-corrected chi connectivity index (χ1v) is 5.55. The maximum atomic E-state index is 9.76. The number of phenols is 1. The van der Waals surface area contributed by atoms with Crippen molar-refractivity contribution < 1.29 is 9.63 Å². The number of hydrogen-bond acceptors (Lipinski definition) is 4. The number of aromatic hydroxyl groups is 1. The van der Waals surface area contributed by atoms with Crippen LogP contribution in [0.3, 0.4) is 0 Å². The molecule has 1 aromatic carbocycles. The summed E-state index contributed by atoms with van der Waals surface area (Å²) in [5, 5.41) is 16.7. The third-order valence-corrected chi connectivity index (χ3v) is 2.33. The Bertz CT molecular complexity index is 662. The third kappa shape index (κ3) is 3.28. The smallest absolute Gasteiger partial charge is 0.170 e. The summed E-state index contributed by atoms with van der Waals surface area (Å²) in [4.78, 5) is 2.64. The number of hydrogen-bond donors (Lipinski definition) is 1. The van der Waals surface area contributed by atoms with E-state index >= 15 is 0 Å². The fourth-order valence-electron chi connectivity index (χ4n) is 1.48. The van der Waals surface area contributed by atoms with Crippen LogP contribution in [0.4, 0.5) is 0 Å². The topological polar surface area (TPSA) is 95.0 Å². The molecule has 2 aromatic rings. The summed E-state index contributed by atoms with van der Waals surface area (Å²) >= 11 is 0. The van der Waals surface area contributed by atoms with Crippen molar-refractivity contribution in [2.75, 3.05) is 6.54 Å². The van der Waals surface area contributed by atoms with Crippen LogP contribution < -0.4 is 0 Å². The fourth-order valence-corrected chi connectivity index (χ4v) is 1.48. The van der Waals surface area contributed by atoms with Gasteiger partial charge in [-0.3, -0.25) is 0 Å². The molecule has 0 bridgehead atoms. The van der Waals surface area contributed by atoms with Crippen molar-refractivity contribution in [2.45, 2.75) is 6.42 Å². The van der Waals surface area contributed by atoms with Gasteiger partial charge in [0, 0.05) is 29.5 Å². The molecule has 0 fully saturated rings. The lowest BCUT2D eigenvalue weighted by Gasteiger charge is -2.00. The van der Waals surface area contributed by atoms with E-state index in [0.29, 0.717) is 24.3 Å². The summed E-state index contributed by atoms with van der Waals surface area (Å²) in [5.74, 6) is 6.40. The lowest BCUT2D eigenvalue weighted by molar-refractivity contribution is 0.426. The maximum Gasteiger partial charge on any atom is 0.170 e. The zero-order chi connectivity index (χ0) is 13.5. The summed E-state index contributed by atoms with van der Waals surface area (Å²) in [5.41, 5.74) is 9.40. The number of nitrogens with zero attached hydrogens (tertiary/aromatic N) is 4. The molecule has 0 saturated carbocycles. The minimum Gasteiger partial charge on any atom is -0.507 e. The zero-order valence-electron chi connectivity index (χ0n) is 9.95. The molecule has 0 aliphatic carbocycles. The summed E-state index contributed by atoms with van der Waals surface area (Å²) < 4.78 is 5.00. The highest BCUT2D eigenvalue weighted by molar-refractivity contribution is 5.67. The molecule has 19 heavy (non-hydrogen) atoms. The summed E-state index contributed by atoms with van der Waals surface area (Å²) in [7, 11) is 0. The number of rotatable bonds is 3.